The maximum absolute atomic E-state index is 12.0. The average Bonchev–Trinajstić information content (AvgIpc) is 3.10. The summed E-state index contributed by atoms with van der Waals surface area (Å²) in [5.74, 6) is 1.19. The van der Waals surface area contributed by atoms with Crippen molar-refractivity contribution >= 4 is 39.2 Å². The molecule has 0 atom stereocenters. The number of pyridine rings is 1. The number of carbonyl (C=O) groups excluding carboxylic acids is 1. The maximum Gasteiger partial charge on any atom is 0.258 e. The number of aromatic nitrogens is 1. The number of rotatable bonds is 4. The van der Waals surface area contributed by atoms with Gasteiger partial charge in [-0.2, -0.15) is 0 Å². The van der Waals surface area contributed by atoms with Crippen LogP contribution < -0.4 is 10.6 Å². The first-order valence-electron chi connectivity index (χ1n) is 7.46. The van der Waals surface area contributed by atoms with Crippen LogP contribution in [0.5, 0.6) is 0 Å². The second-order valence-electron chi connectivity index (χ2n) is 5.15. The molecule has 3 aromatic rings. The summed E-state index contributed by atoms with van der Waals surface area (Å²) in [5, 5.41) is 5.79. The molecule has 0 aliphatic rings. The van der Waals surface area contributed by atoms with Gasteiger partial charge in [-0.05, 0) is 48.6 Å². The number of thiocarbonyl (C=S) groups is 1. The van der Waals surface area contributed by atoms with Crippen LogP contribution >= 0.6 is 28.1 Å². The number of hydrogen-bond acceptors (Lipinski definition) is 4. The first-order valence-corrected chi connectivity index (χ1v) is 8.66. The smallest absolute Gasteiger partial charge is 0.258 e. The summed E-state index contributed by atoms with van der Waals surface area (Å²) >= 11 is 8.54. The van der Waals surface area contributed by atoms with Gasteiger partial charge in [0.05, 0.1) is 12.1 Å². The zero-order valence-electron chi connectivity index (χ0n) is 13.0. The van der Waals surface area contributed by atoms with Gasteiger partial charge in [0.1, 0.15) is 11.5 Å². The SMILES string of the molecule is O=C(NC(=S)NCc1ccc(-c2ccc(Br)cc2)o1)c1cccnc1. The van der Waals surface area contributed by atoms with Gasteiger partial charge in [0.2, 0.25) is 0 Å². The summed E-state index contributed by atoms with van der Waals surface area (Å²) in [6.07, 6.45) is 3.09. The van der Waals surface area contributed by atoms with Crippen molar-refractivity contribution in [3.63, 3.8) is 0 Å². The van der Waals surface area contributed by atoms with E-state index in [9.17, 15) is 4.79 Å². The standard InChI is InChI=1S/C18H14BrN3O2S/c19-14-5-3-12(4-6-14)16-8-7-15(24-16)11-21-18(25)22-17(23)13-2-1-9-20-10-13/h1-10H,11H2,(H2,21,22,23,25). The summed E-state index contributed by atoms with van der Waals surface area (Å²) in [6.45, 7) is 0.378. The third kappa shape index (κ3) is 4.74. The number of nitrogens with one attached hydrogen (secondary N) is 2. The topological polar surface area (TPSA) is 67.2 Å². The summed E-state index contributed by atoms with van der Waals surface area (Å²) in [6, 6.07) is 15.0. The molecule has 0 aliphatic carbocycles. The van der Waals surface area contributed by atoms with Crippen LogP contribution in [0.25, 0.3) is 11.3 Å². The minimum Gasteiger partial charge on any atom is -0.459 e. The van der Waals surface area contributed by atoms with E-state index in [0.29, 0.717) is 12.1 Å². The highest BCUT2D eigenvalue weighted by molar-refractivity contribution is 9.10. The molecule has 126 valence electrons. The van der Waals surface area contributed by atoms with Crippen molar-refractivity contribution in [3.8, 4) is 11.3 Å². The number of halogens is 1. The highest BCUT2D eigenvalue weighted by Gasteiger charge is 2.09. The number of furan rings is 1. The molecular weight excluding hydrogens is 402 g/mol. The Labute approximate surface area is 158 Å². The maximum atomic E-state index is 12.0. The average molecular weight is 416 g/mol. The van der Waals surface area contributed by atoms with Crippen LogP contribution in [-0.2, 0) is 6.54 Å². The van der Waals surface area contributed by atoms with Gasteiger partial charge in [-0.1, -0.05) is 28.1 Å². The first-order chi connectivity index (χ1) is 12.1. The van der Waals surface area contributed by atoms with E-state index >= 15 is 0 Å². The molecule has 2 aromatic heterocycles. The molecule has 2 N–H and O–H groups in total. The lowest BCUT2D eigenvalue weighted by Crippen LogP contribution is -2.38. The molecule has 1 amide bonds. The molecule has 25 heavy (non-hydrogen) atoms. The third-order valence-corrected chi connectivity index (χ3v) is 4.14. The van der Waals surface area contributed by atoms with Crippen LogP contribution in [0.2, 0.25) is 0 Å². The van der Waals surface area contributed by atoms with Crippen LogP contribution in [0.3, 0.4) is 0 Å². The van der Waals surface area contributed by atoms with Crippen molar-refractivity contribution < 1.29 is 9.21 Å². The van der Waals surface area contributed by atoms with Crippen molar-refractivity contribution in [1.29, 1.82) is 0 Å². The van der Waals surface area contributed by atoms with Crippen molar-refractivity contribution in [3.05, 3.63) is 76.7 Å². The lowest BCUT2D eigenvalue weighted by atomic mass is 10.2. The Hall–Kier alpha value is -2.51. The molecule has 0 aliphatic heterocycles. The van der Waals surface area contributed by atoms with Gasteiger partial charge in [-0.3, -0.25) is 15.1 Å². The Kier molecular flexibility index (Phi) is 5.57. The molecule has 3 rings (SSSR count). The zero-order valence-corrected chi connectivity index (χ0v) is 15.4. The first kappa shape index (κ1) is 17.3. The Morgan fingerprint density at radius 3 is 2.68 bits per heavy atom. The van der Waals surface area contributed by atoms with E-state index in [-0.39, 0.29) is 11.0 Å². The Balaban J connectivity index is 1.54. The van der Waals surface area contributed by atoms with E-state index < -0.39 is 0 Å². The van der Waals surface area contributed by atoms with E-state index in [1.165, 1.54) is 6.20 Å². The molecule has 0 fully saturated rings. The molecule has 2 heterocycles. The van der Waals surface area contributed by atoms with Crippen molar-refractivity contribution in [2.24, 2.45) is 0 Å². The van der Waals surface area contributed by atoms with Crippen LogP contribution in [0.1, 0.15) is 16.1 Å². The van der Waals surface area contributed by atoms with Gasteiger partial charge in [-0.25, -0.2) is 0 Å². The van der Waals surface area contributed by atoms with Gasteiger partial charge in [0.25, 0.3) is 5.91 Å². The number of hydrogen-bond donors (Lipinski definition) is 2. The highest BCUT2D eigenvalue weighted by Crippen LogP contribution is 2.23. The quantitative estimate of drug-likeness (QED) is 0.632. The van der Waals surface area contributed by atoms with Crippen molar-refractivity contribution in [2.75, 3.05) is 0 Å². The lowest BCUT2D eigenvalue weighted by Gasteiger charge is -2.08. The summed E-state index contributed by atoms with van der Waals surface area (Å²) in [4.78, 5) is 15.9. The summed E-state index contributed by atoms with van der Waals surface area (Å²) < 4.78 is 6.80. The van der Waals surface area contributed by atoms with Crippen molar-refractivity contribution in [1.82, 2.24) is 15.6 Å². The molecular formula is C18H14BrN3O2S. The zero-order chi connectivity index (χ0) is 17.6. The molecule has 0 radical (unpaired) electrons. The molecule has 0 bridgehead atoms. The van der Waals surface area contributed by atoms with E-state index in [2.05, 4.69) is 31.5 Å². The predicted octanol–water partition coefficient (Wildman–Crippen LogP) is 3.91. The highest BCUT2D eigenvalue weighted by atomic mass is 79.9. The minimum atomic E-state index is -0.305. The van der Waals surface area contributed by atoms with Gasteiger partial charge < -0.3 is 9.73 Å². The number of nitrogens with zero attached hydrogens (tertiary/aromatic N) is 1. The molecule has 0 unspecified atom stereocenters. The van der Waals surface area contributed by atoms with Gasteiger partial charge in [0, 0.05) is 22.4 Å². The van der Waals surface area contributed by atoms with Gasteiger partial charge in [-0.15, -0.1) is 0 Å². The monoisotopic (exact) mass is 415 g/mol. The van der Waals surface area contributed by atoms with Gasteiger partial charge in [0.15, 0.2) is 5.11 Å². The second-order valence-corrected chi connectivity index (χ2v) is 6.48. The summed E-state index contributed by atoms with van der Waals surface area (Å²) in [5.41, 5.74) is 1.43. The second kappa shape index (κ2) is 8.04. The molecule has 0 spiro atoms. The van der Waals surface area contributed by atoms with Crippen LogP contribution in [0.4, 0.5) is 0 Å². The van der Waals surface area contributed by atoms with E-state index in [4.69, 9.17) is 16.6 Å². The Morgan fingerprint density at radius 1 is 1.16 bits per heavy atom. The Bertz CT molecular complexity index is 879. The molecule has 7 heteroatoms. The molecule has 0 saturated carbocycles. The fraction of sp³-hybridized carbons (Fsp3) is 0.0556. The molecule has 1 aromatic carbocycles. The largest absolute Gasteiger partial charge is 0.459 e. The molecule has 0 saturated heterocycles. The summed E-state index contributed by atoms with van der Waals surface area (Å²) in [7, 11) is 0. The number of benzene rings is 1. The van der Waals surface area contributed by atoms with Crippen LogP contribution in [-0.4, -0.2) is 16.0 Å². The molecule has 5 nitrogen and oxygen atoms in total. The van der Waals surface area contributed by atoms with Crippen LogP contribution in [0, 0.1) is 0 Å². The van der Waals surface area contributed by atoms with E-state index in [1.807, 2.05) is 36.4 Å². The number of amides is 1. The van der Waals surface area contributed by atoms with Crippen LogP contribution in [0.15, 0.2) is 69.8 Å². The van der Waals surface area contributed by atoms with E-state index in [0.717, 1.165) is 21.6 Å². The predicted molar refractivity (Wildman–Crippen MR) is 103 cm³/mol. The minimum absolute atomic E-state index is 0.232. The normalized spacial score (nSPS) is 10.3. The Morgan fingerprint density at radius 2 is 1.96 bits per heavy atom. The third-order valence-electron chi connectivity index (χ3n) is 3.36. The van der Waals surface area contributed by atoms with Gasteiger partial charge >= 0.3 is 0 Å². The number of carbonyl (C=O) groups is 1. The fourth-order valence-electron chi connectivity index (χ4n) is 2.13. The van der Waals surface area contributed by atoms with E-state index in [1.54, 1.807) is 18.3 Å². The lowest BCUT2D eigenvalue weighted by molar-refractivity contribution is 0.0976. The fourth-order valence-corrected chi connectivity index (χ4v) is 2.56. The van der Waals surface area contributed by atoms with Crippen molar-refractivity contribution in [2.45, 2.75) is 6.54 Å².